The number of alkyl halides is 4. The van der Waals surface area contributed by atoms with Gasteiger partial charge in [0.25, 0.3) is 43.4 Å². The molecular formula is C16H15ClF4N2O10S2. The molecule has 0 aliphatic heterocycles. The number of nitrogens with zero attached hydrogens (tertiary/aromatic N) is 2. The Hall–Kier alpha value is -2.93. The fourth-order valence-electron chi connectivity index (χ4n) is 1.71. The van der Waals surface area contributed by atoms with Crippen molar-refractivity contribution in [3.8, 4) is 0 Å². The molecule has 35 heavy (non-hydrogen) atoms. The molecule has 0 aliphatic rings. The van der Waals surface area contributed by atoms with Crippen LogP contribution >= 0.6 is 10.7 Å². The van der Waals surface area contributed by atoms with Gasteiger partial charge < -0.3 is 5.11 Å². The Labute approximate surface area is 199 Å². The molecule has 0 aliphatic carbocycles. The third kappa shape index (κ3) is 12.9. The minimum absolute atomic E-state index is 0.275. The smallest absolute Gasteiger partial charge is 0.297 e. The molecule has 0 fully saturated rings. The molecule has 2 aromatic rings. The molecule has 1 N–H and O–H groups in total. The van der Waals surface area contributed by atoms with E-state index in [4.69, 9.17) is 15.8 Å². The fraction of sp³-hybridized carbons (Fsp3) is 0.250. The van der Waals surface area contributed by atoms with E-state index in [1.54, 1.807) is 0 Å². The summed E-state index contributed by atoms with van der Waals surface area (Å²) in [6, 6.07) is 8.49. The van der Waals surface area contributed by atoms with E-state index in [1.807, 2.05) is 0 Å². The molecule has 0 spiro atoms. The molecule has 0 unspecified atom stereocenters. The molecular weight excluding hydrogens is 556 g/mol. The molecule has 12 nitrogen and oxygen atoms in total. The molecule has 196 valence electrons. The molecule has 0 saturated carbocycles. The Morgan fingerprint density at radius 3 is 1.60 bits per heavy atom. The molecule has 2 rings (SSSR count). The normalized spacial score (nSPS) is 11.2. The van der Waals surface area contributed by atoms with Crippen LogP contribution in [0.3, 0.4) is 0 Å². The van der Waals surface area contributed by atoms with Crippen LogP contribution in [0.4, 0.5) is 28.9 Å². The van der Waals surface area contributed by atoms with E-state index in [2.05, 4.69) is 4.18 Å². The highest BCUT2D eigenvalue weighted by Gasteiger charge is 2.20. The molecule has 0 aromatic heterocycles. The maximum atomic E-state index is 11.8. The van der Waals surface area contributed by atoms with E-state index in [9.17, 15) is 54.6 Å². The second-order valence-electron chi connectivity index (χ2n) is 5.65. The lowest BCUT2D eigenvalue weighted by molar-refractivity contribution is -0.385. The van der Waals surface area contributed by atoms with Crippen LogP contribution in [0.2, 0.25) is 0 Å². The van der Waals surface area contributed by atoms with Crippen molar-refractivity contribution in [1.82, 2.24) is 0 Å². The van der Waals surface area contributed by atoms with Crippen LogP contribution in [0.1, 0.15) is 0 Å². The van der Waals surface area contributed by atoms with Crippen molar-refractivity contribution in [2.45, 2.75) is 22.6 Å². The average molecular weight is 571 g/mol. The lowest BCUT2D eigenvalue weighted by Gasteiger charge is -2.04. The van der Waals surface area contributed by atoms with Crippen molar-refractivity contribution in [2.24, 2.45) is 0 Å². The van der Waals surface area contributed by atoms with Gasteiger partial charge in [-0.05, 0) is 12.1 Å². The fourth-order valence-corrected chi connectivity index (χ4v) is 3.43. The van der Waals surface area contributed by atoms with Crippen LogP contribution in [0, 0.1) is 20.2 Å². The maximum Gasteiger partial charge on any atom is 0.297 e. The summed E-state index contributed by atoms with van der Waals surface area (Å²) in [5.74, 6) is 0. The minimum atomic E-state index is -4.40. The molecule has 0 bridgehead atoms. The minimum Gasteiger partial charge on any atom is -0.390 e. The van der Waals surface area contributed by atoms with E-state index in [0.717, 1.165) is 30.3 Å². The predicted octanol–water partition coefficient (Wildman–Crippen LogP) is 3.33. The van der Waals surface area contributed by atoms with Gasteiger partial charge in [0, 0.05) is 34.9 Å². The number of nitro benzene ring substituents is 2. The van der Waals surface area contributed by atoms with E-state index in [0.29, 0.717) is 0 Å². The molecule has 19 heteroatoms. The second kappa shape index (κ2) is 14.5. The summed E-state index contributed by atoms with van der Waals surface area (Å²) in [4.78, 5) is 18.3. The Morgan fingerprint density at radius 2 is 1.26 bits per heavy atom. The number of aliphatic hydroxyl groups is 1. The van der Waals surface area contributed by atoms with Crippen LogP contribution in [0.5, 0.6) is 0 Å². The third-order valence-electron chi connectivity index (χ3n) is 3.11. The van der Waals surface area contributed by atoms with Gasteiger partial charge in [-0.2, -0.15) is 8.42 Å². The van der Waals surface area contributed by atoms with Crippen LogP contribution in [-0.2, 0) is 23.4 Å². The van der Waals surface area contributed by atoms with Crippen molar-refractivity contribution in [3.05, 3.63) is 68.8 Å². The van der Waals surface area contributed by atoms with Gasteiger partial charge in [0.15, 0.2) is 0 Å². The highest BCUT2D eigenvalue weighted by molar-refractivity contribution is 8.13. The third-order valence-corrected chi connectivity index (χ3v) is 5.74. The van der Waals surface area contributed by atoms with Gasteiger partial charge in [0.2, 0.25) is 0 Å². The first-order chi connectivity index (χ1) is 16.0. The molecule has 0 heterocycles. The first kappa shape index (κ1) is 32.1. The highest BCUT2D eigenvalue weighted by Crippen LogP contribution is 2.20. The number of rotatable bonds is 8. The van der Waals surface area contributed by atoms with E-state index < -0.39 is 65.7 Å². The van der Waals surface area contributed by atoms with Gasteiger partial charge in [-0.1, -0.05) is 12.1 Å². The summed E-state index contributed by atoms with van der Waals surface area (Å²) in [7, 11) is -3.30. The van der Waals surface area contributed by atoms with Gasteiger partial charge in [-0.15, -0.1) is 0 Å². The number of nitro groups is 2. The Bertz CT molecular complexity index is 1210. The zero-order valence-corrected chi connectivity index (χ0v) is 19.3. The summed E-state index contributed by atoms with van der Waals surface area (Å²) in [6.45, 7) is -2.31. The van der Waals surface area contributed by atoms with Crippen LogP contribution in [0.25, 0.3) is 0 Å². The average Bonchev–Trinajstić information content (AvgIpc) is 2.78. The molecule has 0 saturated heterocycles. The molecule has 0 radical (unpaired) electrons. The van der Waals surface area contributed by atoms with Crippen LogP contribution in [-0.4, -0.2) is 57.9 Å². The zero-order chi connectivity index (χ0) is 27.4. The zero-order valence-electron chi connectivity index (χ0n) is 16.9. The standard InChI is InChI=1S/C8H7F2NO5S.C6H4ClNO4S.C2H4F2O/c9-8(10)5-16-17(14,15)7-3-1-2-6(4-7)11(12)13;7-13(11,12)6-3-1-2-5(4-6)8(9)10;3-2(4)1-5/h1-4,8H,5H2;1-4H;2,5H,1H2. The lowest BCUT2D eigenvalue weighted by atomic mass is 10.3. The SMILES string of the molecule is O=[N+]([O-])c1cccc(S(=O)(=O)Cl)c1.O=[N+]([O-])c1cccc(S(=O)(=O)OCC(F)F)c1.OCC(F)F. The Morgan fingerprint density at radius 1 is 0.857 bits per heavy atom. The van der Waals surface area contributed by atoms with Gasteiger partial charge in [-0.25, -0.2) is 26.0 Å². The summed E-state index contributed by atoms with van der Waals surface area (Å²) in [6.07, 6.45) is -5.50. The number of aliphatic hydroxyl groups excluding tert-OH is 1. The Balaban J connectivity index is 0.000000567. The first-order valence-electron chi connectivity index (χ1n) is 8.51. The molecule has 2 aromatic carbocycles. The van der Waals surface area contributed by atoms with Gasteiger partial charge >= 0.3 is 0 Å². The lowest BCUT2D eigenvalue weighted by Crippen LogP contribution is -2.12. The number of halogens is 5. The summed E-state index contributed by atoms with van der Waals surface area (Å²) in [5.41, 5.74) is -0.770. The van der Waals surface area contributed by atoms with E-state index in [1.165, 1.54) is 18.2 Å². The van der Waals surface area contributed by atoms with Crippen molar-refractivity contribution in [3.63, 3.8) is 0 Å². The van der Waals surface area contributed by atoms with Crippen molar-refractivity contribution < 1.29 is 53.5 Å². The summed E-state index contributed by atoms with van der Waals surface area (Å²) >= 11 is 0. The monoisotopic (exact) mass is 570 g/mol. The quantitative estimate of drug-likeness (QED) is 0.162. The predicted molar refractivity (Wildman–Crippen MR) is 111 cm³/mol. The van der Waals surface area contributed by atoms with Gasteiger partial charge in [0.1, 0.15) is 18.1 Å². The van der Waals surface area contributed by atoms with Crippen molar-refractivity contribution in [2.75, 3.05) is 13.2 Å². The van der Waals surface area contributed by atoms with Crippen LogP contribution in [0.15, 0.2) is 58.3 Å². The number of benzene rings is 2. The van der Waals surface area contributed by atoms with E-state index in [-0.39, 0.29) is 10.6 Å². The number of hydrogen-bond donors (Lipinski definition) is 1. The van der Waals surface area contributed by atoms with Gasteiger partial charge in [-0.3, -0.25) is 24.4 Å². The summed E-state index contributed by atoms with van der Waals surface area (Å²) < 4.78 is 92.8. The van der Waals surface area contributed by atoms with Crippen LogP contribution < -0.4 is 0 Å². The highest BCUT2D eigenvalue weighted by atomic mass is 35.7. The second-order valence-corrected chi connectivity index (χ2v) is 9.83. The maximum absolute atomic E-state index is 11.8. The molecule has 0 amide bonds. The Kier molecular flexibility index (Phi) is 13.3. The van der Waals surface area contributed by atoms with Crippen molar-refractivity contribution in [1.29, 1.82) is 0 Å². The first-order valence-corrected chi connectivity index (χ1v) is 12.2. The van der Waals surface area contributed by atoms with Crippen molar-refractivity contribution >= 4 is 41.2 Å². The molecule has 0 atom stereocenters. The van der Waals surface area contributed by atoms with E-state index >= 15 is 0 Å². The topological polar surface area (TPSA) is 184 Å². The largest absolute Gasteiger partial charge is 0.390 e. The number of hydrogen-bond acceptors (Lipinski definition) is 10. The van der Waals surface area contributed by atoms with Gasteiger partial charge in [0.05, 0.1) is 14.7 Å². The summed E-state index contributed by atoms with van der Waals surface area (Å²) in [5, 5.41) is 28.0. The number of non-ortho nitro benzene ring substituents is 2.